The molecule has 0 aromatic heterocycles. The van der Waals surface area contributed by atoms with Gasteiger partial charge in [-0.1, -0.05) is 12.8 Å². The molecule has 0 aromatic rings. The van der Waals surface area contributed by atoms with Crippen LogP contribution in [0.5, 0.6) is 0 Å². The van der Waals surface area contributed by atoms with Crippen LogP contribution in [0.2, 0.25) is 0 Å². The summed E-state index contributed by atoms with van der Waals surface area (Å²) in [5.74, 6) is 0.431. The number of hydrogen-bond donors (Lipinski definition) is 0. The van der Waals surface area contributed by atoms with Crippen LogP contribution < -0.4 is 0 Å². The molecule has 0 spiro atoms. The van der Waals surface area contributed by atoms with E-state index in [-0.39, 0.29) is 11.8 Å². The fraction of sp³-hybridized carbons (Fsp3) is 0.800. The molecule has 0 saturated heterocycles. The topological polar surface area (TPSA) is 34.1 Å². The molecule has 0 unspecified atom stereocenters. The largest absolute Gasteiger partial charge is 0.303 e. The number of carbonyl (C=O) groups is 2. The van der Waals surface area contributed by atoms with Gasteiger partial charge >= 0.3 is 0 Å². The van der Waals surface area contributed by atoms with Gasteiger partial charge in [-0.15, -0.1) is 0 Å². The molecule has 0 bridgehead atoms. The first-order chi connectivity index (χ1) is 5.86. The Morgan fingerprint density at radius 3 is 1.50 bits per heavy atom. The Hall–Kier alpha value is -0.660. The van der Waals surface area contributed by atoms with Crippen LogP contribution in [0.25, 0.3) is 0 Å². The molecule has 0 amide bonds. The van der Waals surface area contributed by atoms with Crippen LogP contribution in [0, 0.1) is 11.8 Å². The fourth-order valence-corrected chi connectivity index (χ4v) is 1.80. The Balaban J connectivity index is 2.37. The number of carbonyl (C=O) groups excluding carboxylic acids is 2. The predicted molar refractivity (Wildman–Crippen MR) is 46.8 cm³/mol. The first-order valence-corrected chi connectivity index (χ1v) is 4.77. The zero-order valence-electron chi connectivity index (χ0n) is 7.37. The fourth-order valence-electron chi connectivity index (χ4n) is 1.80. The summed E-state index contributed by atoms with van der Waals surface area (Å²) < 4.78 is 0. The minimum Gasteiger partial charge on any atom is -0.303 e. The van der Waals surface area contributed by atoms with Crippen LogP contribution in [-0.2, 0) is 9.59 Å². The van der Waals surface area contributed by atoms with Crippen LogP contribution in [-0.4, -0.2) is 12.6 Å². The first-order valence-electron chi connectivity index (χ1n) is 4.77. The van der Waals surface area contributed by atoms with E-state index in [0.29, 0.717) is 0 Å². The molecule has 0 radical (unpaired) electrons. The maximum absolute atomic E-state index is 10.5. The molecule has 1 aliphatic rings. The van der Waals surface area contributed by atoms with E-state index in [0.717, 1.165) is 51.1 Å². The molecule has 0 aliphatic heterocycles. The summed E-state index contributed by atoms with van der Waals surface area (Å²) in [6.45, 7) is 0. The third-order valence-corrected chi connectivity index (χ3v) is 2.69. The monoisotopic (exact) mass is 168 g/mol. The van der Waals surface area contributed by atoms with Crippen LogP contribution >= 0.6 is 0 Å². The van der Waals surface area contributed by atoms with Gasteiger partial charge in [-0.05, 0) is 25.7 Å². The lowest BCUT2D eigenvalue weighted by atomic mass is 9.87. The second-order valence-corrected chi connectivity index (χ2v) is 3.65. The molecule has 2 heteroatoms. The van der Waals surface area contributed by atoms with Crippen molar-refractivity contribution in [2.75, 3.05) is 0 Å². The quantitative estimate of drug-likeness (QED) is 0.591. The standard InChI is InChI=1S/C10H16O2/c11-7-9-3-1-2-4-10(8-12)6-5-9/h7-10H,1-6H2/t9-,10-/m0/s1. The van der Waals surface area contributed by atoms with E-state index in [9.17, 15) is 9.59 Å². The van der Waals surface area contributed by atoms with Crippen molar-refractivity contribution in [3.8, 4) is 0 Å². The second kappa shape index (κ2) is 5.07. The molecule has 0 aromatic carbocycles. The minimum absolute atomic E-state index is 0.216. The molecular formula is C10H16O2. The number of hydrogen-bond acceptors (Lipinski definition) is 2. The maximum Gasteiger partial charge on any atom is 0.123 e. The molecular weight excluding hydrogens is 152 g/mol. The van der Waals surface area contributed by atoms with Gasteiger partial charge in [0.15, 0.2) is 0 Å². The van der Waals surface area contributed by atoms with Crippen LogP contribution in [0.3, 0.4) is 0 Å². The molecule has 1 rings (SSSR count). The van der Waals surface area contributed by atoms with Crippen molar-refractivity contribution >= 4 is 12.6 Å². The average molecular weight is 168 g/mol. The van der Waals surface area contributed by atoms with Crippen molar-refractivity contribution < 1.29 is 9.59 Å². The van der Waals surface area contributed by atoms with Crippen molar-refractivity contribution in [1.82, 2.24) is 0 Å². The molecule has 1 aliphatic carbocycles. The number of rotatable bonds is 2. The van der Waals surface area contributed by atoms with Gasteiger partial charge < -0.3 is 9.59 Å². The van der Waals surface area contributed by atoms with E-state index >= 15 is 0 Å². The molecule has 12 heavy (non-hydrogen) atoms. The Labute approximate surface area is 73.3 Å². The molecule has 0 heterocycles. The third-order valence-electron chi connectivity index (χ3n) is 2.69. The molecule has 2 atom stereocenters. The summed E-state index contributed by atoms with van der Waals surface area (Å²) in [4.78, 5) is 21.1. The van der Waals surface area contributed by atoms with Gasteiger partial charge in [-0.25, -0.2) is 0 Å². The van der Waals surface area contributed by atoms with Gasteiger partial charge in [-0.3, -0.25) is 0 Å². The van der Waals surface area contributed by atoms with E-state index in [4.69, 9.17) is 0 Å². The Morgan fingerprint density at radius 2 is 1.17 bits per heavy atom. The highest BCUT2D eigenvalue weighted by atomic mass is 16.1. The normalized spacial score (nSPS) is 31.7. The Kier molecular flexibility index (Phi) is 3.98. The average Bonchev–Trinajstić information content (AvgIpc) is 2.05. The summed E-state index contributed by atoms with van der Waals surface area (Å²) in [6.07, 6.45) is 8.17. The van der Waals surface area contributed by atoms with E-state index in [2.05, 4.69) is 0 Å². The van der Waals surface area contributed by atoms with Crippen molar-refractivity contribution in [2.45, 2.75) is 38.5 Å². The summed E-state index contributed by atoms with van der Waals surface area (Å²) in [5.41, 5.74) is 0. The summed E-state index contributed by atoms with van der Waals surface area (Å²) in [5, 5.41) is 0. The second-order valence-electron chi connectivity index (χ2n) is 3.65. The predicted octanol–water partition coefficient (Wildman–Crippen LogP) is 1.97. The lowest BCUT2D eigenvalue weighted by Crippen LogP contribution is -2.11. The lowest BCUT2D eigenvalue weighted by Gasteiger charge is -2.17. The van der Waals surface area contributed by atoms with E-state index in [1.165, 1.54) is 0 Å². The summed E-state index contributed by atoms with van der Waals surface area (Å²) in [7, 11) is 0. The van der Waals surface area contributed by atoms with Gasteiger partial charge in [0.05, 0.1) is 0 Å². The highest BCUT2D eigenvalue weighted by Gasteiger charge is 2.15. The van der Waals surface area contributed by atoms with Gasteiger partial charge in [0.2, 0.25) is 0 Å². The maximum atomic E-state index is 10.5. The molecule has 2 nitrogen and oxygen atoms in total. The zero-order chi connectivity index (χ0) is 8.81. The first kappa shape index (κ1) is 9.43. The van der Waals surface area contributed by atoms with Crippen LogP contribution in [0.4, 0.5) is 0 Å². The Morgan fingerprint density at radius 1 is 0.750 bits per heavy atom. The van der Waals surface area contributed by atoms with Crippen molar-refractivity contribution in [1.29, 1.82) is 0 Å². The van der Waals surface area contributed by atoms with Crippen molar-refractivity contribution in [2.24, 2.45) is 11.8 Å². The highest BCUT2D eigenvalue weighted by molar-refractivity contribution is 5.55. The zero-order valence-corrected chi connectivity index (χ0v) is 7.37. The third kappa shape index (κ3) is 2.76. The van der Waals surface area contributed by atoms with E-state index < -0.39 is 0 Å². The molecule has 1 fully saturated rings. The van der Waals surface area contributed by atoms with Crippen molar-refractivity contribution in [3.63, 3.8) is 0 Å². The van der Waals surface area contributed by atoms with Crippen LogP contribution in [0.15, 0.2) is 0 Å². The molecule has 68 valence electrons. The van der Waals surface area contributed by atoms with Gasteiger partial charge in [0.25, 0.3) is 0 Å². The van der Waals surface area contributed by atoms with Gasteiger partial charge in [-0.2, -0.15) is 0 Å². The minimum atomic E-state index is 0.216. The molecule has 0 N–H and O–H groups in total. The van der Waals surface area contributed by atoms with E-state index in [1.807, 2.05) is 0 Å². The van der Waals surface area contributed by atoms with E-state index in [1.54, 1.807) is 0 Å². The lowest BCUT2D eigenvalue weighted by molar-refractivity contribution is -0.114. The molecule has 1 saturated carbocycles. The smallest absolute Gasteiger partial charge is 0.123 e. The number of aldehydes is 2. The Bertz CT molecular complexity index is 136. The van der Waals surface area contributed by atoms with Crippen LogP contribution in [0.1, 0.15) is 38.5 Å². The van der Waals surface area contributed by atoms with Crippen molar-refractivity contribution in [3.05, 3.63) is 0 Å². The summed E-state index contributed by atoms with van der Waals surface area (Å²) in [6, 6.07) is 0. The van der Waals surface area contributed by atoms with Gasteiger partial charge in [0, 0.05) is 11.8 Å². The van der Waals surface area contributed by atoms with Gasteiger partial charge in [0.1, 0.15) is 12.6 Å². The highest BCUT2D eigenvalue weighted by Crippen LogP contribution is 2.23. The summed E-state index contributed by atoms with van der Waals surface area (Å²) >= 11 is 0. The SMILES string of the molecule is O=C[C@H]1CCCC[C@H](C=O)CC1.